The number of esters is 1. The van der Waals surface area contributed by atoms with Gasteiger partial charge in [-0.3, -0.25) is 0 Å². The second-order valence-corrected chi connectivity index (χ2v) is 6.10. The van der Waals surface area contributed by atoms with Gasteiger partial charge in [-0.1, -0.05) is 0 Å². The van der Waals surface area contributed by atoms with Crippen LogP contribution in [0.15, 0.2) is 12.1 Å². The zero-order chi connectivity index (χ0) is 14.7. The molecule has 1 atom stereocenters. The Morgan fingerprint density at radius 3 is 2.75 bits per heavy atom. The van der Waals surface area contributed by atoms with Crippen LogP contribution in [-0.4, -0.2) is 27.3 Å². The van der Waals surface area contributed by atoms with Gasteiger partial charge in [-0.25, -0.2) is 4.79 Å². The standard InChI is InChI=1S/C14H19N3O2S/c1-5-19-14(18)13-16-15-11(4)17(13)9(2)8-12-7-6-10(3)20-12/h6-7,9H,5,8H2,1-4H3. The van der Waals surface area contributed by atoms with Crippen molar-refractivity contribution >= 4 is 17.3 Å². The Hall–Kier alpha value is -1.69. The summed E-state index contributed by atoms with van der Waals surface area (Å²) >= 11 is 1.77. The van der Waals surface area contributed by atoms with E-state index in [0.717, 1.165) is 12.2 Å². The number of thiophene rings is 1. The molecule has 2 aromatic heterocycles. The van der Waals surface area contributed by atoms with E-state index < -0.39 is 5.97 Å². The summed E-state index contributed by atoms with van der Waals surface area (Å²) in [5.41, 5.74) is 0. The summed E-state index contributed by atoms with van der Waals surface area (Å²) < 4.78 is 6.88. The number of carbonyl (C=O) groups is 1. The quantitative estimate of drug-likeness (QED) is 0.795. The van der Waals surface area contributed by atoms with Gasteiger partial charge in [0.2, 0.25) is 5.82 Å². The average molecular weight is 293 g/mol. The Labute approximate surface area is 122 Å². The van der Waals surface area contributed by atoms with Crippen LogP contribution in [0.25, 0.3) is 0 Å². The number of hydrogen-bond donors (Lipinski definition) is 0. The Morgan fingerprint density at radius 2 is 2.15 bits per heavy atom. The molecule has 0 bridgehead atoms. The molecule has 0 fully saturated rings. The third kappa shape index (κ3) is 3.07. The lowest BCUT2D eigenvalue weighted by atomic mass is 10.2. The number of rotatable bonds is 5. The highest BCUT2D eigenvalue weighted by molar-refractivity contribution is 7.11. The van der Waals surface area contributed by atoms with Gasteiger partial charge in [0.25, 0.3) is 0 Å². The van der Waals surface area contributed by atoms with Gasteiger partial charge >= 0.3 is 5.97 Å². The molecule has 0 saturated heterocycles. The predicted molar refractivity (Wildman–Crippen MR) is 78.2 cm³/mol. The van der Waals surface area contributed by atoms with E-state index in [4.69, 9.17) is 4.74 Å². The van der Waals surface area contributed by atoms with Crippen LogP contribution in [0, 0.1) is 13.8 Å². The van der Waals surface area contributed by atoms with Gasteiger partial charge in [0.15, 0.2) is 0 Å². The first-order valence-corrected chi connectivity index (χ1v) is 7.48. The van der Waals surface area contributed by atoms with Gasteiger partial charge in [0.1, 0.15) is 5.82 Å². The van der Waals surface area contributed by atoms with Crippen molar-refractivity contribution in [3.05, 3.63) is 33.5 Å². The Bertz CT molecular complexity index is 603. The summed E-state index contributed by atoms with van der Waals surface area (Å²) in [6.45, 7) is 8.12. The molecule has 20 heavy (non-hydrogen) atoms. The minimum Gasteiger partial charge on any atom is -0.460 e. The Morgan fingerprint density at radius 1 is 1.40 bits per heavy atom. The fraction of sp³-hybridized carbons (Fsp3) is 0.500. The lowest BCUT2D eigenvalue weighted by Crippen LogP contribution is -2.18. The van der Waals surface area contributed by atoms with Crippen molar-refractivity contribution in [3.63, 3.8) is 0 Å². The topological polar surface area (TPSA) is 57.0 Å². The highest BCUT2D eigenvalue weighted by Crippen LogP contribution is 2.23. The summed E-state index contributed by atoms with van der Waals surface area (Å²) in [5.74, 6) is 0.598. The SMILES string of the molecule is CCOC(=O)c1nnc(C)n1C(C)Cc1ccc(C)s1. The summed E-state index contributed by atoms with van der Waals surface area (Å²) in [6.07, 6.45) is 0.851. The van der Waals surface area contributed by atoms with Gasteiger partial charge < -0.3 is 9.30 Å². The lowest BCUT2D eigenvalue weighted by molar-refractivity contribution is 0.0503. The Kier molecular flexibility index (Phi) is 4.54. The molecule has 5 nitrogen and oxygen atoms in total. The maximum Gasteiger partial charge on any atom is 0.376 e. The van der Waals surface area contributed by atoms with Crippen LogP contribution < -0.4 is 0 Å². The lowest BCUT2D eigenvalue weighted by Gasteiger charge is -2.15. The Balaban J connectivity index is 2.22. The number of nitrogens with zero attached hydrogens (tertiary/aromatic N) is 3. The molecule has 0 aliphatic heterocycles. The molecule has 108 valence electrons. The van der Waals surface area contributed by atoms with E-state index in [1.165, 1.54) is 9.75 Å². The first-order chi connectivity index (χ1) is 9.52. The largest absolute Gasteiger partial charge is 0.460 e. The summed E-state index contributed by atoms with van der Waals surface area (Å²) in [4.78, 5) is 14.5. The molecule has 1 unspecified atom stereocenters. The molecule has 0 aliphatic carbocycles. The highest BCUT2D eigenvalue weighted by atomic mass is 32.1. The number of carbonyl (C=O) groups excluding carboxylic acids is 1. The second-order valence-electron chi connectivity index (χ2n) is 4.73. The van der Waals surface area contributed by atoms with Crippen molar-refractivity contribution in [2.24, 2.45) is 0 Å². The van der Waals surface area contributed by atoms with Crippen LogP contribution in [0.4, 0.5) is 0 Å². The van der Waals surface area contributed by atoms with Gasteiger partial charge in [0.05, 0.1) is 6.61 Å². The molecule has 0 amide bonds. The zero-order valence-corrected chi connectivity index (χ0v) is 13.0. The van der Waals surface area contributed by atoms with Gasteiger partial charge in [-0.05, 0) is 39.8 Å². The van der Waals surface area contributed by atoms with Crippen LogP contribution in [0.1, 0.15) is 46.1 Å². The van der Waals surface area contributed by atoms with E-state index in [1.54, 1.807) is 18.3 Å². The molecule has 0 saturated carbocycles. The van der Waals surface area contributed by atoms with Crippen molar-refractivity contribution in [2.75, 3.05) is 6.61 Å². The average Bonchev–Trinajstić information content (AvgIpc) is 2.96. The van der Waals surface area contributed by atoms with Crippen LogP contribution in [0.5, 0.6) is 0 Å². The van der Waals surface area contributed by atoms with Crippen molar-refractivity contribution in [3.8, 4) is 0 Å². The van der Waals surface area contributed by atoms with Crippen molar-refractivity contribution in [2.45, 2.75) is 40.2 Å². The van der Waals surface area contributed by atoms with E-state index in [1.807, 2.05) is 11.5 Å². The summed E-state index contributed by atoms with van der Waals surface area (Å²) in [7, 11) is 0. The molecule has 0 aliphatic rings. The fourth-order valence-corrected chi connectivity index (χ4v) is 3.22. The van der Waals surface area contributed by atoms with Gasteiger partial charge in [0, 0.05) is 22.2 Å². The van der Waals surface area contributed by atoms with E-state index in [-0.39, 0.29) is 11.9 Å². The number of ether oxygens (including phenoxy) is 1. The first kappa shape index (κ1) is 14.7. The molecule has 6 heteroatoms. The minimum atomic E-state index is -0.415. The molecule has 0 radical (unpaired) electrons. The molecular weight excluding hydrogens is 274 g/mol. The van der Waals surface area contributed by atoms with Crippen molar-refractivity contribution in [1.82, 2.24) is 14.8 Å². The van der Waals surface area contributed by atoms with Crippen LogP contribution in [0.3, 0.4) is 0 Å². The summed E-state index contributed by atoms with van der Waals surface area (Å²) in [6, 6.07) is 4.35. The maximum absolute atomic E-state index is 11.9. The number of aryl methyl sites for hydroxylation is 2. The van der Waals surface area contributed by atoms with E-state index in [2.05, 4.69) is 36.2 Å². The van der Waals surface area contributed by atoms with Crippen molar-refractivity contribution in [1.29, 1.82) is 0 Å². The minimum absolute atomic E-state index is 0.113. The van der Waals surface area contributed by atoms with E-state index in [0.29, 0.717) is 6.61 Å². The third-order valence-electron chi connectivity index (χ3n) is 3.06. The van der Waals surface area contributed by atoms with Gasteiger partial charge in [-0.2, -0.15) is 0 Å². The molecule has 2 heterocycles. The first-order valence-electron chi connectivity index (χ1n) is 6.66. The van der Waals surface area contributed by atoms with E-state index >= 15 is 0 Å². The molecule has 2 rings (SSSR count). The summed E-state index contributed by atoms with van der Waals surface area (Å²) in [5, 5.41) is 7.95. The maximum atomic E-state index is 11.9. The van der Waals surface area contributed by atoms with Crippen LogP contribution in [0.2, 0.25) is 0 Å². The predicted octanol–water partition coefficient (Wildman–Crippen LogP) is 2.94. The second kappa shape index (κ2) is 6.17. The molecule has 0 spiro atoms. The molecular formula is C14H19N3O2S. The molecule has 0 N–H and O–H groups in total. The highest BCUT2D eigenvalue weighted by Gasteiger charge is 2.22. The van der Waals surface area contributed by atoms with Crippen LogP contribution in [-0.2, 0) is 11.2 Å². The van der Waals surface area contributed by atoms with E-state index in [9.17, 15) is 4.79 Å². The van der Waals surface area contributed by atoms with Gasteiger partial charge in [-0.15, -0.1) is 21.5 Å². The molecule has 0 aromatic carbocycles. The number of aromatic nitrogens is 3. The zero-order valence-electron chi connectivity index (χ0n) is 12.2. The monoisotopic (exact) mass is 293 g/mol. The number of hydrogen-bond acceptors (Lipinski definition) is 5. The van der Waals surface area contributed by atoms with Crippen LogP contribution >= 0.6 is 11.3 Å². The van der Waals surface area contributed by atoms with Crippen molar-refractivity contribution < 1.29 is 9.53 Å². The molecule has 2 aromatic rings. The fourth-order valence-electron chi connectivity index (χ4n) is 2.21. The normalized spacial score (nSPS) is 12.4. The smallest absolute Gasteiger partial charge is 0.376 e. The third-order valence-corrected chi connectivity index (χ3v) is 4.08.